The van der Waals surface area contributed by atoms with E-state index in [9.17, 15) is 9.59 Å². The predicted octanol–water partition coefficient (Wildman–Crippen LogP) is 5.26. The fourth-order valence-corrected chi connectivity index (χ4v) is 2.85. The topological polar surface area (TPSA) is 61.8 Å². The molecule has 0 radical (unpaired) electrons. The largest absolute Gasteiger partial charge is 0.497 e. The zero-order valence-electron chi connectivity index (χ0n) is 16.5. The van der Waals surface area contributed by atoms with E-state index in [1.165, 1.54) is 6.07 Å². The van der Waals surface area contributed by atoms with E-state index in [2.05, 4.69) is 0 Å². The maximum atomic E-state index is 12.8. The highest BCUT2D eigenvalue weighted by Crippen LogP contribution is 2.27. The van der Waals surface area contributed by atoms with Gasteiger partial charge in [-0.2, -0.15) is 0 Å². The summed E-state index contributed by atoms with van der Waals surface area (Å²) in [5, 5.41) is 0. The zero-order valence-corrected chi connectivity index (χ0v) is 16.5. The van der Waals surface area contributed by atoms with E-state index in [4.69, 9.17) is 14.2 Å². The first-order valence-corrected chi connectivity index (χ1v) is 9.26. The van der Waals surface area contributed by atoms with E-state index < -0.39 is 11.9 Å². The molecule has 0 amide bonds. The number of methoxy groups -OCH3 is 1. The summed E-state index contributed by atoms with van der Waals surface area (Å²) in [5.74, 6) is 0.419. The van der Waals surface area contributed by atoms with Gasteiger partial charge < -0.3 is 14.2 Å². The van der Waals surface area contributed by atoms with Gasteiger partial charge >= 0.3 is 11.9 Å². The molecule has 5 heteroatoms. The van der Waals surface area contributed by atoms with Crippen LogP contribution in [0.4, 0.5) is 0 Å². The molecule has 148 valence electrons. The number of rotatable bonds is 6. The van der Waals surface area contributed by atoms with Gasteiger partial charge in [0.25, 0.3) is 0 Å². The molecule has 3 rings (SSSR count). The molecule has 0 unspecified atom stereocenters. The molecule has 0 atom stereocenters. The van der Waals surface area contributed by atoms with Gasteiger partial charge in [0.15, 0.2) is 0 Å². The fraction of sp³-hybridized carbons (Fsp3) is 0.167. The number of carbonyl (C=O) groups is 2. The van der Waals surface area contributed by atoms with Gasteiger partial charge in [0.1, 0.15) is 17.2 Å². The average Bonchev–Trinajstić information content (AvgIpc) is 2.74. The van der Waals surface area contributed by atoms with Crippen LogP contribution in [0, 0.1) is 0 Å². The number of ether oxygens (including phenoxy) is 3. The van der Waals surface area contributed by atoms with Crippen molar-refractivity contribution >= 4 is 11.9 Å². The van der Waals surface area contributed by atoms with Crippen LogP contribution in [0.5, 0.6) is 17.2 Å². The molecule has 3 aromatic carbocycles. The summed E-state index contributed by atoms with van der Waals surface area (Å²) < 4.78 is 16.1. The quantitative estimate of drug-likeness (QED) is 0.425. The van der Waals surface area contributed by atoms with Crippen molar-refractivity contribution in [2.24, 2.45) is 0 Å². The highest BCUT2D eigenvalue weighted by atomic mass is 16.5. The van der Waals surface area contributed by atoms with Crippen molar-refractivity contribution in [3.05, 3.63) is 89.5 Å². The Balaban J connectivity index is 1.82. The third kappa shape index (κ3) is 4.82. The van der Waals surface area contributed by atoms with Crippen molar-refractivity contribution in [2.75, 3.05) is 7.11 Å². The molecule has 0 heterocycles. The van der Waals surface area contributed by atoms with Gasteiger partial charge in [0, 0.05) is 0 Å². The smallest absolute Gasteiger partial charge is 0.344 e. The van der Waals surface area contributed by atoms with Crippen LogP contribution >= 0.6 is 0 Å². The normalized spacial score (nSPS) is 10.5. The van der Waals surface area contributed by atoms with Crippen LogP contribution in [-0.2, 0) is 0 Å². The molecule has 0 aliphatic carbocycles. The maximum Gasteiger partial charge on any atom is 0.344 e. The Hall–Kier alpha value is -3.60. The van der Waals surface area contributed by atoms with Crippen molar-refractivity contribution in [3.63, 3.8) is 0 Å². The van der Waals surface area contributed by atoms with Crippen LogP contribution in [0.1, 0.15) is 46.0 Å². The third-order valence-corrected chi connectivity index (χ3v) is 4.38. The molecule has 0 bridgehead atoms. The second-order valence-electron chi connectivity index (χ2n) is 6.69. The SMILES string of the molecule is COc1ccc(OC(=O)c2ccccc2C(=O)Oc2ccccc2C(C)C)cc1. The summed E-state index contributed by atoms with van der Waals surface area (Å²) in [5.41, 5.74) is 1.19. The summed E-state index contributed by atoms with van der Waals surface area (Å²) in [7, 11) is 1.56. The minimum absolute atomic E-state index is 0.135. The molecule has 0 aliphatic heterocycles. The van der Waals surface area contributed by atoms with Gasteiger partial charge in [-0.25, -0.2) is 9.59 Å². The minimum atomic E-state index is -0.639. The van der Waals surface area contributed by atoms with E-state index >= 15 is 0 Å². The average molecular weight is 390 g/mol. The van der Waals surface area contributed by atoms with Gasteiger partial charge in [0.05, 0.1) is 18.2 Å². The summed E-state index contributed by atoms with van der Waals surface area (Å²) in [6.45, 7) is 4.04. The highest BCUT2D eigenvalue weighted by Gasteiger charge is 2.21. The molecule has 0 spiro atoms. The Labute approximate surface area is 169 Å². The summed E-state index contributed by atoms with van der Waals surface area (Å²) in [6, 6.07) is 20.4. The van der Waals surface area contributed by atoms with Crippen molar-refractivity contribution in [1.29, 1.82) is 0 Å². The highest BCUT2D eigenvalue weighted by molar-refractivity contribution is 6.04. The second kappa shape index (κ2) is 9.06. The minimum Gasteiger partial charge on any atom is -0.497 e. The van der Waals surface area contributed by atoms with Crippen LogP contribution in [0.15, 0.2) is 72.8 Å². The number of para-hydroxylation sites is 1. The number of carbonyl (C=O) groups excluding carboxylic acids is 2. The lowest BCUT2D eigenvalue weighted by Crippen LogP contribution is -2.18. The molecule has 0 saturated heterocycles. The molecule has 0 aliphatic rings. The van der Waals surface area contributed by atoms with E-state index in [0.717, 1.165) is 5.56 Å². The molecular weight excluding hydrogens is 368 g/mol. The lowest BCUT2D eigenvalue weighted by atomic mass is 10.0. The Morgan fingerprint density at radius 1 is 0.690 bits per heavy atom. The van der Waals surface area contributed by atoms with Crippen LogP contribution < -0.4 is 14.2 Å². The van der Waals surface area contributed by atoms with Gasteiger partial charge in [-0.05, 0) is 53.9 Å². The van der Waals surface area contributed by atoms with Crippen molar-refractivity contribution in [2.45, 2.75) is 19.8 Å². The van der Waals surface area contributed by atoms with E-state index in [1.807, 2.05) is 26.0 Å². The third-order valence-electron chi connectivity index (χ3n) is 4.38. The van der Waals surface area contributed by atoms with Crippen molar-refractivity contribution < 1.29 is 23.8 Å². The fourth-order valence-electron chi connectivity index (χ4n) is 2.85. The first kappa shape index (κ1) is 20.1. The first-order chi connectivity index (χ1) is 14.0. The number of esters is 2. The van der Waals surface area contributed by atoms with Gasteiger partial charge in [-0.15, -0.1) is 0 Å². The monoisotopic (exact) mass is 390 g/mol. The van der Waals surface area contributed by atoms with Crippen LogP contribution in [-0.4, -0.2) is 19.0 Å². The van der Waals surface area contributed by atoms with Gasteiger partial charge in [0.2, 0.25) is 0 Å². The number of hydrogen-bond donors (Lipinski definition) is 0. The lowest BCUT2D eigenvalue weighted by molar-refractivity contribution is 0.0691. The van der Waals surface area contributed by atoms with E-state index in [0.29, 0.717) is 17.2 Å². The Morgan fingerprint density at radius 3 is 1.79 bits per heavy atom. The Bertz CT molecular complexity index is 1010. The van der Waals surface area contributed by atoms with E-state index in [1.54, 1.807) is 61.7 Å². The lowest BCUT2D eigenvalue weighted by Gasteiger charge is -2.14. The molecule has 0 saturated carbocycles. The van der Waals surface area contributed by atoms with Crippen molar-refractivity contribution in [3.8, 4) is 17.2 Å². The van der Waals surface area contributed by atoms with Crippen molar-refractivity contribution in [1.82, 2.24) is 0 Å². The molecule has 29 heavy (non-hydrogen) atoms. The van der Waals surface area contributed by atoms with Gasteiger partial charge in [-0.1, -0.05) is 44.2 Å². The standard InChI is InChI=1S/C24H22O5/c1-16(2)19-8-6-7-11-22(19)29-24(26)21-10-5-4-9-20(21)23(25)28-18-14-12-17(27-3)13-15-18/h4-16H,1-3H3. The molecule has 0 aromatic heterocycles. The Morgan fingerprint density at radius 2 is 1.21 bits per heavy atom. The maximum absolute atomic E-state index is 12.8. The Kier molecular flexibility index (Phi) is 6.29. The molecule has 5 nitrogen and oxygen atoms in total. The summed E-state index contributed by atoms with van der Waals surface area (Å²) >= 11 is 0. The number of benzene rings is 3. The number of hydrogen-bond acceptors (Lipinski definition) is 5. The van der Waals surface area contributed by atoms with Crippen LogP contribution in [0.2, 0.25) is 0 Å². The van der Waals surface area contributed by atoms with E-state index in [-0.39, 0.29) is 17.0 Å². The predicted molar refractivity (Wildman–Crippen MR) is 110 cm³/mol. The molecule has 0 fully saturated rings. The van der Waals surface area contributed by atoms with Crippen LogP contribution in [0.25, 0.3) is 0 Å². The van der Waals surface area contributed by atoms with Crippen LogP contribution in [0.3, 0.4) is 0 Å². The zero-order chi connectivity index (χ0) is 20.8. The summed E-state index contributed by atoms with van der Waals surface area (Å²) in [6.07, 6.45) is 0. The molecule has 0 N–H and O–H groups in total. The second-order valence-corrected chi connectivity index (χ2v) is 6.69. The first-order valence-electron chi connectivity index (χ1n) is 9.26. The molecule has 3 aromatic rings. The summed E-state index contributed by atoms with van der Waals surface area (Å²) in [4.78, 5) is 25.5. The molecular formula is C24H22O5. The van der Waals surface area contributed by atoms with Gasteiger partial charge in [-0.3, -0.25) is 0 Å².